The second kappa shape index (κ2) is 15.7. The lowest BCUT2D eigenvalue weighted by Crippen LogP contribution is -2.40. The van der Waals surface area contributed by atoms with Gasteiger partial charge in [0.25, 0.3) is 5.91 Å². The highest BCUT2D eigenvalue weighted by molar-refractivity contribution is 7.80. The summed E-state index contributed by atoms with van der Waals surface area (Å²) in [4.78, 5) is 22.6. The standard InChI is InChI=1S/C44H33N2OP.2H2S/c47-44(36-30-29-32-17-13-14-22-35(32)31-36)46-42(34-20-7-2-8-21-34)41(33-18-5-1-6-19-33)45-43(46)39-27-15-16-28-40(39)48(37-23-9-3-10-24-37)38-25-11-4-12-26-38;;/h1-31,41-42H;2*1H2/t41-,42-;;/m0../s1. The molecule has 0 saturated heterocycles. The van der Waals surface area contributed by atoms with E-state index in [9.17, 15) is 0 Å². The van der Waals surface area contributed by atoms with Crippen molar-refractivity contribution in [3.05, 3.63) is 210 Å². The van der Waals surface area contributed by atoms with Gasteiger partial charge in [-0.05, 0) is 57.9 Å². The summed E-state index contributed by atoms with van der Waals surface area (Å²) in [6.45, 7) is 0. The Kier molecular flexibility index (Phi) is 11.0. The zero-order valence-corrected chi connectivity index (χ0v) is 30.2. The van der Waals surface area contributed by atoms with Gasteiger partial charge in [0, 0.05) is 11.1 Å². The molecule has 7 aromatic carbocycles. The molecule has 50 heavy (non-hydrogen) atoms. The number of hydrogen-bond acceptors (Lipinski definition) is 2. The molecule has 0 bridgehead atoms. The van der Waals surface area contributed by atoms with Gasteiger partial charge in [-0.15, -0.1) is 0 Å². The van der Waals surface area contributed by atoms with Crippen LogP contribution in [0.2, 0.25) is 0 Å². The first-order valence-corrected chi connectivity index (χ1v) is 17.6. The van der Waals surface area contributed by atoms with Crippen LogP contribution >= 0.6 is 34.9 Å². The highest BCUT2D eigenvalue weighted by atomic mass is 32.1. The van der Waals surface area contributed by atoms with Gasteiger partial charge in [-0.25, -0.2) is 0 Å². The number of amides is 1. The summed E-state index contributed by atoms with van der Waals surface area (Å²) in [5.74, 6) is 0.635. The third-order valence-electron chi connectivity index (χ3n) is 8.98. The average molecular weight is 705 g/mol. The molecule has 0 saturated carbocycles. The average Bonchev–Trinajstić information content (AvgIpc) is 3.57. The van der Waals surface area contributed by atoms with Gasteiger partial charge in [0.1, 0.15) is 11.9 Å². The maximum Gasteiger partial charge on any atom is 0.260 e. The van der Waals surface area contributed by atoms with E-state index in [-0.39, 0.29) is 45.0 Å². The van der Waals surface area contributed by atoms with Gasteiger partial charge < -0.3 is 0 Å². The Hall–Kier alpha value is -4.93. The SMILES string of the molecule is O=C(c1ccc2ccccc2c1)N1C(c2ccccc2P(c2ccccc2)c2ccccc2)=N[C@@H](c2ccccc2)[C@@H]1c1ccccc1.S.S. The molecule has 2 atom stereocenters. The Morgan fingerprint density at radius 2 is 1.02 bits per heavy atom. The molecule has 6 heteroatoms. The van der Waals surface area contributed by atoms with Crippen LogP contribution in [0.4, 0.5) is 0 Å². The van der Waals surface area contributed by atoms with Crippen LogP contribution in [0.15, 0.2) is 193 Å². The number of amidine groups is 1. The van der Waals surface area contributed by atoms with Crippen LogP contribution in [0, 0.1) is 0 Å². The van der Waals surface area contributed by atoms with Gasteiger partial charge in [-0.1, -0.05) is 176 Å². The van der Waals surface area contributed by atoms with Crippen molar-refractivity contribution in [3.8, 4) is 0 Å². The van der Waals surface area contributed by atoms with E-state index in [0.29, 0.717) is 11.4 Å². The van der Waals surface area contributed by atoms with E-state index in [1.807, 2.05) is 59.5 Å². The van der Waals surface area contributed by atoms with Crippen LogP contribution in [0.3, 0.4) is 0 Å². The van der Waals surface area contributed by atoms with Crippen LogP contribution in [-0.4, -0.2) is 16.6 Å². The van der Waals surface area contributed by atoms with Crippen LogP contribution in [0.1, 0.15) is 39.1 Å². The van der Waals surface area contributed by atoms with E-state index in [0.717, 1.165) is 27.5 Å². The molecule has 0 unspecified atom stereocenters. The summed E-state index contributed by atoms with van der Waals surface area (Å²) in [6, 6.07) is 64.2. The molecule has 0 fully saturated rings. The van der Waals surface area contributed by atoms with E-state index in [1.54, 1.807) is 0 Å². The maximum atomic E-state index is 15.1. The molecule has 0 spiro atoms. The second-order valence-electron chi connectivity index (χ2n) is 11.9. The Bertz CT molecular complexity index is 2190. The van der Waals surface area contributed by atoms with Crippen molar-refractivity contribution in [1.29, 1.82) is 0 Å². The Labute approximate surface area is 309 Å². The van der Waals surface area contributed by atoms with Crippen LogP contribution in [0.25, 0.3) is 10.8 Å². The normalized spacial score (nSPS) is 15.2. The monoisotopic (exact) mass is 704 g/mol. The third kappa shape index (κ3) is 6.78. The predicted octanol–water partition coefficient (Wildman–Crippen LogP) is 9.21. The molecule has 0 aromatic heterocycles. The Morgan fingerprint density at radius 3 is 1.64 bits per heavy atom. The summed E-state index contributed by atoms with van der Waals surface area (Å²) in [6.07, 6.45) is 0. The number of carbonyl (C=O) groups excluding carboxylic acids is 1. The molecule has 1 heterocycles. The number of nitrogens with zero attached hydrogens (tertiary/aromatic N) is 2. The van der Waals surface area contributed by atoms with Crippen molar-refractivity contribution < 1.29 is 4.79 Å². The van der Waals surface area contributed by atoms with Gasteiger partial charge in [0.05, 0.1) is 6.04 Å². The topological polar surface area (TPSA) is 32.7 Å². The Morgan fingerprint density at radius 1 is 0.520 bits per heavy atom. The minimum absolute atomic E-state index is 0. The smallest absolute Gasteiger partial charge is 0.260 e. The van der Waals surface area contributed by atoms with Crippen molar-refractivity contribution in [1.82, 2.24) is 4.90 Å². The van der Waals surface area contributed by atoms with Crippen molar-refractivity contribution in [2.75, 3.05) is 0 Å². The van der Waals surface area contributed by atoms with Crippen LogP contribution < -0.4 is 15.9 Å². The van der Waals surface area contributed by atoms with Crippen molar-refractivity contribution >= 4 is 73.3 Å². The molecule has 3 nitrogen and oxygen atoms in total. The van der Waals surface area contributed by atoms with E-state index >= 15 is 4.79 Å². The van der Waals surface area contributed by atoms with E-state index < -0.39 is 7.92 Å². The highest BCUT2D eigenvalue weighted by Gasteiger charge is 2.43. The first-order chi connectivity index (χ1) is 23.8. The summed E-state index contributed by atoms with van der Waals surface area (Å²) in [5, 5.41) is 5.80. The first kappa shape index (κ1) is 34.9. The number of carbonyl (C=O) groups is 1. The number of aliphatic imine (C=N–C) groups is 1. The lowest BCUT2D eigenvalue weighted by molar-refractivity contribution is 0.0805. The molecule has 1 aliphatic heterocycles. The molecule has 7 aromatic rings. The predicted molar refractivity (Wildman–Crippen MR) is 221 cm³/mol. The van der Waals surface area contributed by atoms with Gasteiger partial charge in [0.2, 0.25) is 0 Å². The molecular weight excluding hydrogens is 668 g/mol. The van der Waals surface area contributed by atoms with E-state index in [4.69, 9.17) is 4.99 Å². The zero-order chi connectivity index (χ0) is 32.3. The van der Waals surface area contributed by atoms with Crippen molar-refractivity contribution in [2.45, 2.75) is 12.1 Å². The lowest BCUT2D eigenvalue weighted by atomic mass is 9.93. The Balaban J connectivity index is 0.00000216. The van der Waals surface area contributed by atoms with Gasteiger partial charge in [0.15, 0.2) is 0 Å². The molecule has 1 amide bonds. The largest absolute Gasteiger partial charge is 0.282 e. The van der Waals surface area contributed by atoms with Crippen molar-refractivity contribution in [3.63, 3.8) is 0 Å². The van der Waals surface area contributed by atoms with Gasteiger partial charge in [-0.2, -0.15) is 27.0 Å². The van der Waals surface area contributed by atoms with Gasteiger partial charge in [-0.3, -0.25) is 14.7 Å². The molecular formula is C44H37N2OPS2. The van der Waals surface area contributed by atoms with Gasteiger partial charge >= 0.3 is 0 Å². The molecule has 246 valence electrons. The maximum absolute atomic E-state index is 15.1. The fraction of sp³-hybridized carbons (Fsp3) is 0.0455. The van der Waals surface area contributed by atoms with Crippen molar-refractivity contribution in [2.24, 2.45) is 4.99 Å². The fourth-order valence-electron chi connectivity index (χ4n) is 6.75. The number of benzene rings is 7. The summed E-state index contributed by atoms with van der Waals surface area (Å²) in [7, 11) is -0.955. The molecule has 0 aliphatic carbocycles. The second-order valence-corrected chi connectivity index (χ2v) is 14.1. The van der Waals surface area contributed by atoms with Crippen LogP contribution in [0.5, 0.6) is 0 Å². The fourth-order valence-corrected chi connectivity index (χ4v) is 9.19. The number of hydrogen-bond donors (Lipinski definition) is 0. The molecule has 1 aliphatic rings. The quantitative estimate of drug-likeness (QED) is 0.152. The first-order valence-electron chi connectivity index (χ1n) is 16.3. The molecule has 8 rings (SSSR count). The summed E-state index contributed by atoms with van der Waals surface area (Å²) < 4.78 is 0. The highest BCUT2D eigenvalue weighted by Crippen LogP contribution is 2.45. The summed E-state index contributed by atoms with van der Waals surface area (Å²) in [5.41, 5.74) is 3.74. The van der Waals surface area contributed by atoms with Crippen LogP contribution in [-0.2, 0) is 0 Å². The summed E-state index contributed by atoms with van der Waals surface area (Å²) >= 11 is 0. The minimum atomic E-state index is -0.955. The number of rotatable bonds is 7. The minimum Gasteiger partial charge on any atom is -0.282 e. The number of fused-ring (bicyclic) bond motifs is 1. The van der Waals surface area contributed by atoms with E-state index in [2.05, 4.69) is 133 Å². The molecule has 0 radical (unpaired) electrons. The lowest BCUT2D eigenvalue weighted by Gasteiger charge is -2.31. The molecule has 0 N–H and O–H groups in total. The zero-order valence-electron chi connectivity index (χ0n) is 27.3. The van der Waals surface area contributed by atoms with E-state index in [1.165, 1.54) is 15.9 Å². The third-order valence-corrected chi connectivity index (χ3v) is 11.5.